The molecule has 96 valence electrons. The summed E-state index contributed by atoms with van der Waals surface area (Å²) < 4.78 is 15.3. The number of nitrogens with zero attached hydrogens (tertiary/aromatic N) is 1. The fraction of sp³-hybridized carbons (Fsp3) is 0.467. The van der Waals surface area contributed by atoms with Crippen molar-refractivity contribution in [2.24, 2.45) is 7.05 Å². The third-order valence-electron chi connectivity index (χ3n) is 3.91. The maximum Gasteiger partial charge on any atom is 0.125 e. The lowest BCUT2D eigenvalue weighted by molar-refractivity contribution is 0.400. The van der Waals surface area contributed by atoms with Gasteiger partial charge >= 0.3 is 0 Å². The summed E-state index contributed by atoms with van der Waals surface area (Å²) >= 11 is 0. The molecule has 3 rings (SSSR count). The minimum absolute atomic E-state index is 0.161. The molecule has 2 aromatic rings. The number of nitrogens with one attached hydrogen (secondary N) is 1. The van der Waals surface area contributed by atoms with E-state index in [0.29, 0.717) is 6.04 Å². The number of fused-ring (bicyclic) bond motifs is 1. The lowest BCUT2D eigenvalue weighted by atomic mass is 9.97. The van der Waals surface area contributed by atoms with Gasteiger partial charge < -0.3 is 9.88 Å². The summed E-state index contributed by atoms with van der Waals surface area (Å²) in [6.07, 6.45) is 7.04. The molecule has 0 aliphatic carbocycles. The van der Waals surface area contributed by atoms with Crippen molar-refractivity contribution in [2.75, 3.05) is 6.54 Å². The summed E-state index contributed by atoms with van der Waals surface area (Å²) in [6, 6.07) is 5.66. The SMILES string of the molecule is Cn1cc(CC2CCCCN2)c2ccc(F)cc21. The summed E-state index contributed by atoms with van der Waals surface area (Å²) in [5.41, 5.74) is 2.31. The molecule has 1 N–H and O–H groups in total. The van der Waals surface area contributed by atoms with Crippen molar-refractivity contribution in [3.8, 4) is 0 Å². The summed E-state index contributed by atoms with van der Waals surface area (Å²) in [7, 11) is 1.99. The van der Waals surface area contributed by atoms with Gasteiger partial charge in [0.25, 0.3) is 0 Å². The van der Waals surface area contributed by atoms with Gasteiger partial charge in [-0.1, -0.05) is 6.42 Å². The first-order valence-electron chi connectivity index (χ1n) is 6.71. The highest BCUT2D eigenvalue weighted by atomic mass is 19.1. The van der Waals surface area contributed by atoms with E-state index in [1.807, 2.05) is 17.7 Å². The molecular weight excluding hydrogens is 227 g/mol. The number of benzene rings is 1. The summed E-state index contributed by atoms with van der Waals surface area (Å²) in [4.78, 5) is 0. The molecule has 3 heteroatoms. The molecule has 1 saturated heterocycles. The lowest BCUT2D eigenvalue weighted by Gasteiger charge is -2.23. The van der Waals surface area contributed by atoms with E-state index in [0.717, 1.165) is 18.5 Å². The van der Waals surface area contributed by atoms with Gasteiger partial charge in [0, 0.05) is 24.7 Å². The molecule has 0 spiro atoms. The molecule has 18 heavy (non-hydrogen) atoms. The molecule has 1 aromatic carbocycles. The highest BCUT2D eigenvalue weighted by Gasteiger charge is 2.16. The molecule has 0 radical (unpaired) electrons. The molecule has 1 aliphatic rings. The Morgan fingerprint density at radius 1 is 1.39 bits per heavy atom. The van der Waals surface area contributed by atoms with Crippen molar-refractivity contribution >= 4 is 10.9 Å². The Morgan fingerprint density at radius 3 is 3.06 bits per heavy atom. The van der Waals surface area contributed by atoms with Gasteiger partial charge in [-0.25, -0.2) is 4.39 Å². The molecule has 1 atom stereocenters. The van der Waals surface area contributed by atoms with Crippen LogP contribution in [0.25, 0.3) is 10.9 Å². The van der Waals surface area contributed by atoms with Gasteiger partial charge in [0.05, 0.1) is 5.52 Å². The fourth-order valence-electron chi connectivity index (χ4n) is 2.97. The Kier molecular flexibility index (Phi) is 3.08. The number of hydrogen-bond acceptors (Lipinski definition) is 1. The fourth-order valence-corrected chi connectivity index (χ4v) is 2.97. The Labute approximate surface area is 107 Å². The van der Waals surface area contributed by atoms with Crippen molar-refractivity contribution in [1.82, 2.24) is 9.88 Å². The van der Waals surface area contributed by atoms with E-state index in [4.69, 9.17) is 0 Å². The maximum atomic E-state index is 13.3. The van der Waals surface area contributed by atoms with Crippen molar-refractivity contribution < 1.29 is 4.39 Å². The van der Waals surface area contributed by atoms with E-state index >= 15 is 0 Å². The molecule has 0 saturated carbocycles. The Bertz CT molecular complexity index is 553. The maximum absolute atomic E-state index is 13.3. The topological polar surface area (TPSA) is 17.0 Å². The minimum Gasteiger partial charge on any atom is -0.350 e. The highest BCUT2D eigenvalue weighted by Crippen LogP contribution is 2.24. The minimum atomic E-state index is -0.161. The van der Waals surface area contributed by atoms with E-state index in [2.05, 4.69) is 11.5 Å². The van der Waals surface area contributed by atoms with Crippen LogP contribution in [-0.4, -0.2) is 17.2 Å². The predicted octanol–water partition coefficient (Wildman–Crippen LogP) is 3.00. The average Bonchev–Trinajstić information content (AvgIpc) is 2.67. The van der Waals surface area contributed by atoms with E-state index in [1.165, 1.54) is 30.2 Å². The molecule has 0 amide bonds. The van der Waals surface area contributed by atoms with E-state index in [1.54, 1.807) is 12.1 Å². The predicted molar refractivity (Wildman–Crippen MR) is 72.2 cm³/mol. The van der Waals surface area contributed by atoms with Gasteiger partial charge in [0.1, 0.15) is 5.82 Å². The van der Waals surface area contributed by atoms with Crippen LogP contribution in [0.5, 0.6) is 0 Å². The Hall–Kier alpha value is -1.35. The van der Waals surface area contributed by atoms with Crippen LogP contribution >= 0.6 is 0 Å². The largest absolute Gasteiger partial charge is 0.350 e. The van der Waals surface area contributed by atoms with Crippen LogP contribution in [-0.2, 0) is 13.5 Å². The second-order valence-corrected chi connectivity index (χ2v) is 5.28. The summed E-state index contributed by atoms with van der Waals surface area (Å²) in [5.74, 6) is -0.161. The van der Waals surface area contributed by atoms with Gasteiger partial charge in [-0.15, -0.1) is 0 Å². The highest BCUT2D eigenvalue weighted by molar-refractivity contribution is 5.84. The van der Waals surface area contributed by atoms with Gasteiger partial charge in [-0.2, -0.15) is 0 Å². The monoisotopic (exact) mass is 246 g/mol. The number of halogens is 1. The smallest absolute Gasteiger partial charge is 0.125 e. The van der Waals surface area contributed by atoms with Gasteiger partial charge in [0.2, 0.25) is 0 Å². The van der Waals surface area contributed by atoms with Crippen molar-refractivity contribution in [2.45, 2.75) is 31.7 Å². The van der Waals surface area contributed by atoms with Crippen molar-refractivity contribution in [3.05, 3.63) is 35.8 Å². The van der Waals surface area contributed by atoms with Crippen LogP contribution in [0.15, 0.2) is 24.4 Å². The zero-order valence-electron chi connectivity index (χ0n) is 10.7. The normalized spacial score (nSPS) is 20.4. The number of aromatic nitrogens is 1. The standard InChI is InChI=1S/C15H19FN2/c1-18-10-11(8-13-4-2-3-7-17-13)14-6-5-12(16)9-15(14)18/h5-6,9-10,13,17H,2-4,7-8H2,1H3. The quantitative estimate of drug-likeness (QED) is 0.862. The van der Waals surface area contributed by atoms with E-state index < -0.39 is 0 Å². The second-order valence-electron chi connectivity index (χ2n) is 5.28. The number of hydrogen-bond donors (Lipinski definition) is 1. The number of aryl methyl sites for hydroxylation is 1. The molecule has 2 nitrogen and oxygen atoms in total. The summed E-state index contributed by atoms with van der Waals surface area (Å²) in [5, 5.41) is 4.76. The molecular formula is C15H19FN2. The molecule has 1 fully saturated rings. The van der Waals surface area contributed by atoms with Crippen molar-refractivity contribution in [3.63, 3.8) is 0 Å². The van der Waals surface area contributed by atoms with Crippen LogP contribution in [0.1, 0.15) is 24.8 Å². The van der Waals surface area contributed by atoms with E-state index in [9.17, 15) is 4.39 Å². The Morgan fingerprint density at radius 2 is 2.28 bits per heavy atom. The third-order valence-corrected chi connectivity index (χ3v) is 3.91. The molecule has 0 bridgehead atoms. The molecule has 1 aliphatic heterocycles. The van der Waals surface area contributed by atoms with Crippen LogP contribution in [0.4, 0.5) is 4.39 Å². The van der Waals surface area contributed by atoms with Crippen LogP contribution in [0.3, 0.4) is 0 Å². The van der Waals surface area contributed by atoms with Gasteiger partial charge in [-0.3, -0.25) is 0 Å². The zero-order chi connectivity index (χ0) is 12.5. The van der Waals surface area contributed by atoms with Gasteiger partial charge in [0.15, 0.2) is 0 Å². The lowest BCUT2D eigenvalue weighted by Crippen LogP contribution is -2.35. The van der Waals surface area contributed by atoms with Crippen LogP contribution in [0.2, 0.25) is 0 Å². The molecule has 1 aromatic heterocycles. The first-order valence-corrected chi connectivity index (χ1v) is 6.71. The van der Waals surface area contributed by atoms with Crippen molar-refractivity contribution in [1.29, 1.82) is 0 Å². The first-order chi connectivity index (χ1) is 8.74. The number of rotatable bonds is 2. The second kappa shape index (κ2) is 4.73. The van der Waals surface area contributed by atoms with Gasteiger partial charge in [-0.05, 0) is 49.6 Å². The van der Waals surface area contributed by atoms with Crippen LogP contribution in [0, 0.1) is 5.82 Å². The zero-order valence-corrected chi connectivity index (χ0v) is 10.7. The summed E-state index contributed by atoms with van der Waals surface area (Å²) in [6.45, 7) is 1.13. The first kappa shape index (κ1) is 11.7. The number of piperidine rings is 1. The molecule has 1 unspecified atom stereocenters. The molecule has 2 heterocycles. The third kappa shape index (κ3) is 2.15. The van der Waals surface area contributed by atoms with E-state index in [-0.39, 0.29) is 5.82 Å². The average molecular weight is 246 g/mol. The van der Waals surface area contributed by atoms with Crippen LogP contribution < -0.4 is 5.32 Å². The Balaban J connectivity index is 1.91.